The molecule has 0 saturated heterocycles. The highest BCUT2D eigenvalue weighted by atomic mass is 35.5. The molecular weight excluding hydrogens is 418 g/mol. The summed E-state index contributed by atoms with van der Waals surface area (Å²) in [5, 5.41) is 3.16. The zero-order chi connectivity index (χ0) is 22.0. The van der Waals surface area contributed by atoms with Gasteiger partial charge in [0.25, 0.3) is 5.91 Å². The molecule has 2 aromatic carbocycles. The molecular formula is C23H20ClN3O4. The molecule has 8 heteroatoms. The van der Waals surface area contributed by atoms with Gasteiger partial charge >= 0.3 is 0 Å². The smallest absolute Gasteiger partial charge is 0.255 e. The van der Waals surface area contributed by atoms with Crippen molar-refractivity contribution in [3.8, 4) is 23.0 Å². The monoisotopic (exact) mass is 437 g/mol. The molecule has 7 nitrogen and oxygen atoms in total. The maximum atomic E-state index is 12.9. The van der Waals surface area contributed by atoms with Gasteiger partial charge in [0.15, 0.2) is 17.0 Å². The van der Waals surface area contributed by atoms with Crippen LogP contribution in [-0.4, -0.2) is 29.1 Å². The van der Waals surface area contributed by atoms with Gasteiger partial charge in [0, 0.05) is 17.3 Å². The van der Waals surface area contributed by atoms with Crippen LogP contribution in [0.2, 0.25) is 5.02 Å². The molecule has 0 unspecified atom stereocenters. The maximum absolute atomic E-state index is 12.9. The first-order valence-electron chi connectivity index (χ1n) is 9.62. The first-order chi connectivity index (χ1) is 14.9. The highest BCUT2D eigenvalue weighted by molar-refractivity contribution is 6.33. The molecule has 4 aromatic rings. The number of halogens is 1. The Kier molecular flexibility index (Phi) is 5.77. The van der Waals surface area contributed by atoms with E-state index in [-0.39, 0.29) is 12.0 Å². The molecule has 0 saturated carbocycles. The van der Waals surface area contributed by atoms with Crippen molar-refractivity contribution in [3.63, 3.8) is 0 Å². The molecule has 0 fully saturated rings. The third kappa shape index (κ3) is 4.46. The van der Waals surface area contributed by atoms with Gasteiger partial charge in [0.1, 0.15) is 5.75 Å². The Labute approximate surface area is 184 Å². The number of nitrogens with one attached hydrogen (secondary N) is 1. The second-order valence-electron chi connectivity index (χ2n) is 7.03. The average molecular weight is 438 g/mol. The lowest BCUT2D eigenvalue weighted by molar-refractivity contribution is 0.102. The molecule has 1 amide bonds. The largest absolute Gasteiger partial charge is 0.493 e. The van der Waals surface area contributed by atoms with E-state index in [4.69, 9.17) is 25.5 Å². The summed E-state index contributed by atoms with van der Waals surface area (Å²) in [6.07, 6.45) is 1.64. The molecule has 0 bridgehead atoms. The SMILES string of the molecule is COc1c(Cl)cc(-c2nc3ncccc3o2)cc1NC(=O)c1cccc(OC(C)C)c1. The van der Waals surface area contributed by atoms with E-state index in [1.54, 1.807) is 54.7 Å². The Hall–Kier alpha value is -3.58. The highest BCUT2D eigenvalue weighted by Crippen LogP contribution is 2.38. The fraction of sp³-hybridized carbons (Fsp3) is 0.174. The van der Waals surface area contributed by atoms with Gasteiger partial charge in [-0.3, -0.25) is 4.79 Å². The predicted octanol–water partition coefficient (Wildman–Crippen LogP) is 5.59. The average Bonchev–Trinajstić information content (AvgIpc) is 3.17. The number of aromatic nitrogens is 2. The minimum atomic E-state index is -0.333. The molecule has 4 rings (SSSR count). The van der Waals surface area contributed by atoms with E-state index >= 15 is 0 Å². The molecule has 0 atom stereocenters. The van der Waals surface area contributed by atoms with Gasteiger partial charge in [-0.2, -0.15) is 4.98 Å². The number of fused-ring (bicyclic) bond motifs is 1. The van der Waals surface area contributed by atoms with Crippen LogP contribution in [-0.2, 0) is 0 Å². The van der Waals surface area contributed by atoms with E-state index in [1.807, 2.05) is 13.8 Å². The van der Waals surface area contributed by atoms with E-state index in [1.165, 1.54) is 7.11 Å². The molecule has 2 aromatic heterocycles. The predicted molar refractivity (Wildman–Crippen MR) is 119 cm³/mol. The van der Waals surface area contributed by atoms with Crippen LogP contribution in [0.3, 0.4) is 0 Å². The fourth-order valence-corrected chi connectivity index (χ4v) is 3.38. The van der Waals surface area contributed by atoms with Gasteiger partial charge in [0.2, 0.25) is 5.89 Å². The molecule has 0 spiro atoms. The third-order valence-electron chi connectivity index (χ3n) is 4.38. The Morgan fingerprint density at radius 1 is 1.16 bits per heavy atom. The minimum Gasteiger partial charge on any atom is -0.493 e. The molecule has 31 heavy (non-hydrogen) atoms. The topological polar surface area (TPSA) is 86.5 Å². The summed E-state index contributed by atoms with van der Waals surface area (Å²) in [6, 6.07) is 13.8. The molecule has 2 heterocycles. The molecule has 0 aliphatic carbocycles. The second kappa shape index (κ2) is 8.65. The third-order valence-corrected chi connectivity index (χ3v) is 4.66. The van der Waals surface area contributed by atoms with Crippen LogP contribution >= 0.6 is 11.6 Å². The number of methoxy groups -OCH3 is 1. The number of anilines is 1. The number of ether oxygens (including phenoxy) is 2. The lowest BCUT2D eigenvalue weighted by Gasteiger charge is -2.14. The first kappa shape index (κ1) is 20.7. The normalized spacial score (nSPS) is 11.0. The van der Waals surface area contributed by atoms with Crippen molar-refractivity contribution in [2.45, 2.75) is 20.0 Å². The molecule has 158 valence electrons. The summed E-state index contributed by atoms with van der Waals surface area (Å²) >= 11 is 6.41. The highest BCUT2D eigenvalue weighted by Gasteiger charge is 2.18. The zero-order valence-electron chi connectivity index (χ0n) is 17.2. The molecule has 0 radical (unpaired) electrons. The van der Waals surface area contributed by atoms with Crippen molar-refractivity contribution in [3.05, 3.63) is 65.3 Å². The molecule has 0 aliphatic rings. The minimum absolute atomic E-state index is 0.000285. The van der Waals surface area contributed by atoms with Crippen molar-refractivity contribution < 1.29 is 18.7 Å². The van der Waals surface area contributed by atoms with Crippen LogP contribution in [0.25, 0.3) is 22.7 Å². The van der Waals surface area contributed by atoms with Crippen LogP contribution in [0.4, 0.5) is 5.69 Å². The molecule has 0 aliphatic heterocycles. The van der Waals surface area contributed by atoms with Gasteiger partial charge < -0.3 is 19.2 Å². The quantitative estimate of drug-likeness (QED) is 0.423. The van der Waals surface area contributed by atoms with Gasteiger partial charge in [-0.05, 0) is 56.3 Å². The van der Waals surface area contributed by atoms with Crippen molar-refractivity contribution in [1.82, 2.24) is 9.97 Å². The summed E-state index contributed by atoms with van der Waals surface area (Å²) in [5.41, 5.74) is 2.44. The van der Waals surface area contributed by atoms with E-state index < -0.39 is 0 Å². The van der Waals surface area contributed by atoms with E-state index in [9.17, 15) is 4.79 Å². The van der Waals surface area contributed by atoms with Crippen molar-refractivity contribution in [1.29, 1.82) is 0 Å². The Balaban J connectivity index is 1.68. The number of rotatable bonds is 6. The van der Waals surface area contributed by atoms with Gasteiger partial charge in [0.05, 0.1) is 23.9 Å². The lowest BCUT2D eigenvalue weighted by atomic mass is 10.1. The number of oxazole rings is 1. The fourth-order valence-electron chi connectivity index (χ4n) is 3.09. The zero-order valence-corrected chi connectivity index (χ0v) is 17.9. The van der Waals surface area contributed by atoms with E-state index in [2.05, 4.69) is 15.3 Å². The number of pyridine rings is 1. The summed E-state index contributed by atoms with van der Waals surface area (Å²) in [4.78, 5) is 21.5. The Morgan fingerprint density at radius 3 is 2.74 bits per heavy atom. The number of benzene rings is 2. The van der Waals surface area contributed by atoms with Crippen LogP contribution in [0, 0.1) is 0 Å². The van der Waals surface area contributed by atoms with Crippen molar-refractivity contribution in [2.75, 3.05) is 12.4 Å². The van der Waals surface area contributed by atoms with Crippen molar-refractivity contribution in [2.24, 2.45) is 0 Å². The first-order valence-corrected chi connectivity index (χ1v) is 10.00. The second-order valence-corrected chi connectivity index (χ2v) is 7.44. The number of hydrogen-bond donors (Lipinski definition) is 1. The van der Waals surface area contributed by atoms with E-state index in [0.29, 0.717) is 50.5 Å². The number of amides is 1. The number of carbonyl (C=O) groups excluding carboxylic acids is 1. The Bertz CT molecular complexity index is 1220. The number of hydrogen-bond acceptors (Lipinski definition) is 6. The van der Waals surface area contributed by atoms with Gasteiger partial charge in [-0.15, -0.1) is 0 Å². The van der Waals surface area contributed by atoms with Gasteiger partial charge in [-0.1, -0.05) is 17.7 Å². The van der Waals surface area contributed by atoms with Crippen LogP contribution in [0.1, 0.15) is 24.2 Å². The van der Waals surface area contributed by atoms with Crippen LogP contribution in [0.5, 0.6) is 11.5 Å². The maximum Gasteiger partial charge on any atom is 0.255 e. The number of carbonyl (C=O) groups is 1. The van der Waals surface area contributed by atoms with E-state index in [0.717, 1.165) is 0 Å². The summed E-state index contributed by atoms with van der Waals surface area (Å²) in [6.45, 7) is 3.85. The summed E-state index contributed by atoms with van der Waals surface area (Å²) in [7, 11) is 1.48. The summed E-state index contributed by atoms with van der Waals surface area (Å²) < 4.78 is 16.9. The number of nitrogens with zero attached hydrogens (tertiary/aromatic N) is 2. The standard InChI is InChI=1S/C23H20ClN3O4/c1-13(2)30-16-7-4-6-14(10-16)22(28)26-18-12-15(11-17(24)20(18)29-3)23-27-21-19(31-23)8-5-9-25-21/h4-13H,1-3H3,(H,26,28). The van der Waals surface area contributed by atoms with Crippen LogP contribution < -0.4 is 14.8 Å². The lowest BCUT2D eigenvalue weighted by Crippen LogP contribution is -2.13. The Morgan fingerprint density at radius 2 is 2.00 bits per heavy atom. The molecule has 1 N–H and O–H groups in total. The summed E-state index contributed by atoms with van der Waals surface area (Å²) in [5.74, 6) is 0.948. The van der Waals surface area contributed by atoms with Crippen LogP contribution in [0.15, 0.2) is 59.1 Å². The van der Waals surface area contributed by atoms with Gasteiger partial charge in [-0.25, -0.2) is 4.98 Å². The van der Waals surface area contributed by atoms with Crippen molar-refractivity contribution >= 4 is 34.4 Å².